The van der Waals surface area contributed by atoms with E-state index in [9.17, 15) is 4.79 Å². The number of benzene rings is 1. The molecule has 2 N–H and O–H groups in total. The molecule has 0 radical (unpaired) electrons. The van der Waals surface area contributed by atoms with E-state index in [2.05, 4.69) is 31.5 Å². The second-order valence-electron chi connectivity index (χ2n) is 5.34. The van der Waals surface area contributed by atoms with Crippen LogP contribution < -0.4 is 5.32 Å². The van der Waals surface area contributed by atoms with Gasteiger partial charge in [0, 0.05) is 12.2 Å². The number of hydrogen-bond acceptors (Lipinski definition) is 4. The summed E-state index contributed by atoms with van der Waals surface area (Å²) >= 11 is 0. The van der Waals surface area contributed by atoms with Crippen molar-refractivity contribution in [1.29, 1.82) is 0 Å². The zero-order chi connectivity index (χ0) is 14.7. The van der Waals surface area contributed by atoms with Crippen molar-refractivity contribution in [3.63, 3.8) is 0 Å². The lowest BCUT2D eigenvalue weighted by molar-refractivity contribution is 0.101. The van der Waals surface area contributed by atoms with Crippen LogP contribution >= 0.6 is 0 Å². The summed E-state index contributed by atoms with van der Waals surface area (Å²) in [6.45, 7) is 4.89. The third-order valence-corrected chi connectivity index (χ3v) is 3.66. The highest BCUT2D eigenvalue weighted by Crippen LogP contribution is 2.20. The number of nitrogens with one attached hydrogen (secondary N) is 2. The first-order valence-electron chi connectivity index (χ1n) is 7.23. The Labute approximate surface area is 123 Å². The Balaban J connectivity index is 1.73. The van der Waals surface area contributed by atoms with E-state index in [-0.39, 0.29) is 11.7 Å². The number of aryl methyl sites for hydroxylation is 1. The van der Waals surface area contributed by atoms with Crippen LogP contribution in [0.5, 0.6) is 0 Å². The Hall–Kier alpha value is -2.21. The van der Waals surface area contributed by atoms with Crippen LogP contribution in [0.1, 0.15) is 34.8 Å². The maximum atomic E-state index is 12.1. The molecule has 1 aromatic carbocycles. The number of aromatic nitrogens is 3. The lowest BCUT2D eigenvalue weighted by Crippen LogP contribution is -2.21. The Morgan fingerprint density at radius 1 is 1.33 bits per heavy atom. The molecule has 0 unspecified atom stereocenters. The maximum absolute atomic E-state index is 12.1. The molecule has 1 aliphatic rings. The molecule has 6 heteroatoms. The number of amides is 1. The molecular weight excluding hydrogens is 266 g/mol. The van der Waals surface area contributed by atoms with E-state index in [1.54, 1.807) is 6.92 Å². The molecule has 110 valence electrons. The van der Waals surface area contributed by atoms with Gasteiger partial charge in [0.15, 0.2) is 0 Å². The van der Waals surface area contributed by atoms with Crippen molar-refractivity contribution in [2.24, 2.45) is 0 Å². The monoisotopic (exact) mass is 285 g/mol. The van der Waals surface area contributed by atoms with Gasteiger partial charge in [-0.25, -0.2) is 4.98 Å². The Bertz CT molecular complexity index is 630. The number of aromatic amines is 1. The number of carbonyl (C=O) groups is 1. The smallest absolute Gasteiger partial charge is 0.295 e. The molecule has 2 heterocycles. The third kappa shape index (κ3) is 3.28. The molecule has 0 aliphatic carbocycles. The quantitative estimate of drug-likeness (QED) is 0.900. The van der Waals surface area contributed by atoms with Crippen molar-refractivity contribution < 1.29 is 4.79 Å². The summed E-state index contributed by atoms with van der Waals surface area (Å²) < 4.78 is 0. The average molecular weight is 285 g/mol. The van der Waals surface area contributed by atoms with Gasteiger partial charge < -0.3 is 5.32 Å². The minimum Gasteiger partial charge on any atom is -0.319 e. The first-order valence-corrected chi connectivity index (χ1v) is 7.23. The molecule has 3 rings (SSSR count). The molecule has 1 saturated heterocycles. The van der Waals surface area contributed by atoms with E-state index in [1.165, 1.54) is 12.8 Å². The van der Waals surface area contributed by atoms with Crippen molar-refractivity contribution in [1.82, 2.24) is 20.1 Å². The van der Waals surface area contributed by atoms with Crippen LogP contribution in [0.15, 0.2) is 24.3 Å². The van der Waals surface area contributed by atoms with Crippen LogP contribution in [0.3, 0.4) is 0 Å². The molecule has 0 saturated carbocycles. The van der Waals surface area contributed by atoms with Crippen molar-refractivity contribution >= 4 is 11.6 Å². The third-order valence-electron chi connectivity index (χ3n) is 3.66. The molecule has 1 amide bonds. The van der Waals surface area contributed by atoms with E-state index in [0.717, 1.165) is 30.9 Å². The van der Waals surface area contributed by atoms with Crippen LogP contribution in [0.4, 0.5) is 5.69 Å². The van der Waals surface area contributed by atoms with Crippen LogP contribution in [0.25, 0.3) is 0 Å². The number of likely N-dealkylation sites (tertiary alicyclic amines) is 1. The molecule has 2 aromatic rings. The Morgan fingerprint density at radius 2 is 2.10 bits per heavy atom. The lowest BCUT2D eigenvalue weighted by Gasteiger charge is -2.17. The van der Waals surface area contributed by atoms with Crippen molar-refractivity contribution in [2.75, 3.05) is 18.4 Å². The topological polar surface area (TPSA) is 73.9 Å². The molecule has 1 fully saturated rings. The fourth-order valence-corrected chi connectivity index (χ4v) is 2.58. The summed E-state index contributed by atoms with van der Waals surface area (Å²) in [4.78, 5) is 18.6. The van der Waals surface area contributed by atoms with Gasteiger partial charge in [0.1, 0.15) is 5.82 Å². The van der Waals surface area contributed by atoms with Crippen molar-refractivity contribution in [3.05, 3.63) is 41.5 Å². The largest absolute Gasteiger partial charge is 0.319 e. The number of anilines is 1. The van der Waals surface area contributed by atoms with Gasteiger partial charge in [-0.1, -0.05) is 18.2 Å². The van der Waals surface area contributed by atoms with Crippen LogP contribution in [-0.4, -0.2) is 39.1 Å². The Morgan fingerprint density at radius 3 is 2.81 bits per heavy atom. The fraction of sp³-hybridized carbons (Fsp3) is 0.400. The van der Waals surface area contributed by atoms with Gasteiger partial charge in [-0.05, 0) is 44.5 Å². The highest BCUT2D eigenvalue weighted by Gasteiger charge is 2.16. The average Bonchev–Trinajstić information content (AvgIpc) is 3.12. The lowest BCUT2D eigenvalue weighted by atomic mass is 10.1. The predicted molar refractivity (Wildman–Crippen MR) is 80.0 cm³/mol. The summed E-state index contributed by atoms with van der Waals surface area (Å²) in [6, 6.07) is 7.89. The van der Waals surface area contributed by atoms with Crippen molar-refractivity contribution in [2.45, 2.75) is 26.3 Å². The highest BCUT2D eigenvalue weighted by atomic mass is 16.2. The number of nitrogens with zero attached hydrogens (tertiary/aromatic N) is 3. The zero-order valence-corrected chi connectivity index (χ0v) is 12.1. The number of para-hydroxylation sites is 1. The summed E-state index contributed by atoms with van der Waals surface area (Å²) in [5.74, 6) is 0.516. The number of hydrogen-bond donors (Lipinski definition) is 2. The van der Waals surface area contributed by atoms with Gasteiger partial charge in [0.25, 0.3) is 5.91 Å². The molecule has 21 heavy (non-hydrogen) atoms. The van der Waals surface area contributed by atoms with Gasteiger partial charge in [0.05, 0.1) is 0 Å². The van der Waals surface area contributed by atoms with Crippen LogP contribution in [-0.2, 0) is 6.54 Å². The van der Waals surface area contributed by atoms with E-state index in [0.29, 0.717) is 5.82 Å². The van der Waals surface area contributed by atoms with Gasteiger partial charge in [-0.15, -0.1) is 5.10 Å². The van der Waals surface area contributed by atoms with Gasteiger partial charge >= 0.3 is 0 Å². The molecule has 1 aromatic heterocycles. The normalized spacial score (nSPS) is 15.3. The number of H-pyrrole nitrogens is 1. The predicted octanol–water partition coefficient (Wildman–Crippen LogP) is 1.96. The van der Waals surface area contributed by atoms with E-state index in [1.807, 2.05) is 18.2 Å². The molecule has 1 aliphatic heterocycles. The second-order valence-corrected chi connectivity index (χ2v) is 5.34. The summed E-state index contributed by atoms with van der Waals surface area (Å²) in [6.07, 6.45) is 2.51. The second kappa shape index (κ2) is 6.05. The number of rotatable bonds is 4. The summed E-state index contributed by atoms with van der Waals surface area (Å²) in [5.41, 5.74) is 1.96. The fourth-order valence-electron chi connectivity index (χ4n) is 2.58. The molecule has 0 atom stereocenters. The van der Waals surface area contributed by atoms with E-state index in [4.69, 9.17) is 0 Å². The molecule has 0 spiro atoms. The first-order chi connectivity index (χ1) is 10.2. The van der Waals surface area contributed by atoms with E-state index >= 15 is 0 Å². The Kier molecular flexibility index (Phi) is 3.96. The SMILES string of the molecule is Cc1nc(C(=O)Nc2ccccc2CN2CCCC2)n[nH]1. The molecule has 6 nitrogen and oxygen atoms in total. The summed E-state index contributed by atoms with van der Waals surface area (Å²) in [5, 5.41) is 9.47. The van der Waals surface area contributed by atoms with Gasteiger partial charge in [-0.3, -0.25) is 14.8 Å². The van der Waals surface area contributed by atoms with Gasteiger partial charge in [0.2, 0.25) is 5.82 Å². The van der Waals surface area contributed by atoms with Crippen LogP contribution in [0, 0.1) is 6.92 Å². The standard InChI is InChI=1S/C15H19N5O/c1-11-16-14(19-18-11)15(21)17-13-7-3-2-6-12(13)10-20-8-4-5-9-20/h2-3,6-7H,4-5,8-10H2,1H3,(H,17,21)(H,16,18,19). The minimum atomic E-state index is -0.284. The first kappa shape index (κ1) is 13.8. The van der Waals surface area contributed by atoms with E-state index < -0.39 is 0 Å². The zero-order valence-electron chi connectivity index (χ0n) is 12.1. The minimum absolute atomic E-state index is 0.170. The van der Waals surface area contributed by atoms with Gasteiger partial charge in [-0.2, -0.15) is 0 Å². The molecule has 0 bridgehead atoms. The van der Waals surface area contributed by atoms with Crippen LogP contribution in [0.2, 0.25) is 0 Å². The molecular formula is C15H19N5O. The maximum Gasteiger partial charge on any atom is 0.295 e. The van der Waals surface area contributed by atoms with Crippen molar-refractivity contribution in [3.8, 4) is 0 Å². The highest BCUT2D eigenvalue weighted by molar-refractivity contribution is 6.01. The summed E-state index contributed by atoms with van der Waals surface area (Å²) in [7, 11) is 0. The number of carbonyl (C=O) groups excluding carboxylic acids is 1.